The van der Waals surface area contributed by atoms with Crippen LogP contribution in [0.2, 0.25) is 0 Å². The number of carbonyl (C=O) groups is 2. The summed E-state index contributed by atoms with van der Waals surface area (Å²) in [5.41, 5.74) is -0.141. The van der Waals surface area contributed by atoms with Crippen LogP contribution in [0.25, 0.3) is 0 Å². The molecule has 0 spiro atoms. The third-order valence-corrected chi connectivity index (χ3v) is 5.95. The fraction of sp³-hybridized carbons (Fsp3) is 0.778. The fourth-order valence-corrected chi connectivity index (χ4v) is 4.12. The van der Waals surface area contributed by atoms with Crippen molar-refractivity contribution in [3.8, 4) is 0 Å². The molecule has 1 atom stereocenters. The number of carbonyl (C=O) groups excluding carboxylic acids is 2. The summed E-state index contributed by atoms with van der Waals surface area (Å²) in [7, 11) is 1.78. The zero-order chi connectivity index (χ0) is 18.3. The number of likely N-dealkylation sites (tertiary alicyclic amines) is 2. The first-order valence-corrected chi connectivity index (χ1v) is 9.77. The average molecular weight is 361 g/mol. The molecule has 1 saturated carbocycles. The predicted octanol–water partition coefficient (Wildman–Crippen LogP) is 0.871. The van der Waals surface area contributed by atoms with Crippen molar-refractivity contribution in [3.63, 3.8) is 0 Å². The number of hydrogen-bond donors (Lipinski definition) is 1. The second-order valence-corrected chi connectivity index (χ2v) is 7.90. The van der Waals surface area contributed by atoms with Crippen LogP contribution in [0.4, 0.5) is 0 Å². The van der Waals surface area contributed by atoms with E-state index in [0.29, 0.717) is 38.3 Å². The summed E-state index contributed by atoms with van der Waals surface area (Å²) in [4.78, 5) is 43.8. The second kappa shape index (κ2) is 6.89. The highest BCUT2D eigenvalue weighted by Gasteiger charge is 2.36. The van der Waals surface area contributed by atoms with Gasteiger partial charge in [0, 0.05) is 32.6 Å². The molecule has 1 unspecified atom stereocenters. The van der Waals surface area contributed by atoms with E-state index in [-0.39, 0.29) is 23.5 Å². The summed E-state index contributed by atoms with van der Waals surface area (Å²) >= 11 is 0. The lowest BCUT2D eigenvalue weighted by Crippen LogP contribution is -2.47. The third-order valence-electron chi connectivity index (χ3n) is 5.95. The van der Waals surface area contributed by atoms with Gasteiger partial charge in [-0.1, -0.05) is 6.42 Å². The lowest BCUT2D eigenvalue weighted by Gasteiger charge is -2.34. The van der Waals surface area contributed by atoms with E-state index in [1.165, 1.54) is 0 Å². The van der Waals surface area contributed by atoms with Gasteiger partial charge in [-0.05, 0) is 38.5 Å². The molecule has 0 radical (unpaired) electrons. The van der Waals surface area contributed by atoms with Gasteiger partial charge in [-0.25, -0.2) is 9.48 Å². The fourth-order valence-electron chi connectivity index (χ4n) is 4.12. The third kappa shape index (κ3) is 3.29. The summed E-state index contributed by atoms with van der Waals surface area (Å²) in [6.45, 7) is 1.89. The van der Waals surface area contributed by atoms with Crippen LogP contribution in [0.15, 0.2) is 4.79 Å². The number of nitrogens with zero attached hydrogens (tertiary/aromatic N) is 4. The topological polar surface area (TPSA) is 91.3 Å². The van der Waals surface area contributed by atoms with Crippen molar-refractivity contribution >= 4 is 11.8 Å². The molecule has 1 N–H and O–H groups in total. The van der Waals surface area contributed by atoms with Gasteiger partial charge >= 0.3 is 5.69 Å². The molecule has 0 aromatic carbocycles. The van der Waals surface area contributed by atoms with Gasteiger partial charge in [0.15, 0.2) is 0 Å². The Morgan fingerprint density at radius 3 is 2.46 bits per heavy atom. The van der Waals surface area contributed by atoms with Gasteiger partial charge in [-0.15, -0.1) is 0 Å². The highest BCUT2D eigenvalue weighted by molar-refractivity contribution is 6.00. The van der Waals surface area contributed by atoms with Gasteiger partial charge in [0.25, 0.3) is 0 Å². The minimum absolute atomic E-state index is 0.0304. The Morgan fingerprint density at radius 1 is 1.04 bits per heavy atom. The number of piperidine rings is 1. The minimum Gasteiger partial charge on any atom is -0.345 e. The van der Waals surface area contributed by atoms with Crippen LogP contribution in [-0.4, -0.2) is 63.1 Å². The van der Waals surface area contributed by atoms with Crippen molar-refractivity contribution in [1.29, 1.82) is 0 Å². The highest BCUT2D eigenvalue weighted by Crippen LogP contribution is 2.37. The number of hydrogen-bond acceptors (Lipinski definition) is 4. The lowest BCUT2D eigenvalue weighted by molar-refractivity contribution is -0.147. The first-order chi connectivity index (χ1) is 12.5. The van der Waals surface area contributed by atoms with Crippen LogP contribution in [0.1, 0.15) is 62.7 Å². The van der Waals surface area contributed by atoms with Gasteiger partial charge < -0.3 is 9.80 Å². The van der Waals surface area contributed by atoms with E-state index >= 15 is 0 Å². The van der Waals surface area contributed by atoms with Gasteiger partial charge in [0.05, 0.1) is 6.04 Å². The van der Waals surface area contributed by atoms with Crippen LogP contribution >= 0.6 is 0 Å². The molecule has 8 heteroatoms. The van der Waals surface area contributed by atoms with Crippen LogP contribution in [0.3, 0.4) is 0 Å². The number of aromatic amines is 1. The van der Waals surface area contributed by atoms with Crippen LogP contribution in [0.5, 0.6) is 0 Å². The molecule has 8 nitrogen and oxygen atoms in total. The maximum absolute atomic E-state index is 12.9. The molecule has 1 aliphatic carbocycles. The van der Waals surface area contributed by atoms with E-state index in [1.807, 2.05) is 0 Å². The van der Waals surface area contributed by atoms with Crippen molar-refractivity contribution in [3.05, 3.63) is 16.3 Å². The number of nitrogens with one attached hydrogen (secondary N) is 1. The van der Waals surface area contributed by atoms with Crippen molar-refractivity contribution in [1.82, 2.24) is 24.6 Å². The molecule has 1 aromatic rings. The normalized spacial score (nSPS) is 25.4. The minimum atomic E-state index is -0.534. The molecular weight excluding hydrogens is 334 g/mol. The molecule has 1 aromatic heterocycles. The number of amides is 2. The van der Waals surface area contributed by atoms with Crippen molar-refractivity contribution < 1.29 is 9.59 Å². The van der Waals surface area contributed by atoms with Crippen LogP contribution in [-0.2, 0) is 9.59 Å². The molecule has 2 saturated heterocycles. The van der Waals surface area contributed by atoms with Crippen molar-refractivity contribution in [2.24, 2.45) is 5.92 Å². The maximum Gasteiger partial charge on any atom is 0.343 e. The zero-order valence-corrected chi connectivity index (χ0v) is 15.3. The number of H-pyrrole nitrogens is 1. The summed E-state index contributed by atoms with van der Waals surface area (Å²) in [6.07, 6.45) is 6.13. The molecule has 26 heavy (non-hydrogen) atoms. The van der Waals surface area contributed by atoms with E-state index in [2.05, 4.69) is 10.1 Å². The Bertz CT molecular complexity index is 742. The number of rotatable bonds is 3. The largest absolute Gasteiger partial charge is 0.345 e. The standard InChI is InChI=1S/C18H27N5O3/c1-21-9-3-2-4-14(16(21)24)17(25)22-10-7-13(8-11-22)23-18(26)19-15(20-23)12-5-6-12/h12-14H,2-11H2,1H3,(H,19,20,26). The van der Waals surface area contributed by atoms with Crippen LogP contribution < -0.4 is 5.69 Å². The monoisotopic (exact) mass is 361 g/mol. The maximum atomic E-state index is 12.9. The molecule has 3 aliphatic rings. The molecule has 0 bridgehead atoms. The average Bonchev–Trinajstić information content (AvgIpc) is 3.44. The Labute approximate surface area is 152 Å². The van der Waals surface area contributed by atoms with E-state index < -0.39 is 5.92 Å². The van der Waals surface area contributed by atoms with Gasteiger partial charge in [0.2, 0.25) is 11.8 Å². The van der Waals surface area contributed by atoms with E-state index in [1.54, 1.807) is 21.5 Å². The van der Waals surface area contributed by atoms with Gasteiger partial charge in [-0.2, -0.15) is 5.10 Å². The van der Waals surface area contributed by atoms with E-state index in [0.717, 1.165) is 38.1 Å². The molecule has 2 amide bonds. The molecule has 4 rings (SSSR count). The zero-order valence-electron chi connectivity index (χ0n) is 15.3. The summed E-state index contributed by atoms with van der Waals surface area (Å²) in [6, 6.07) is 0.0304. The smallest absolute Gasteiger partial charge is 0.343 e. The predicted molar refractivity (Wildman–Crippen MR) is 94.7 cm³/mol. The van der Waals surface area contributed by atoms with Crippen molar-refractivity contribution in [2.45, 2.75) is 56.9 Å². The SMILES string of the molecule is CN1CCCCC(C(=O)N2CCC(n3nc(C4CC4)[nH]c3=O)CC2)C1=O. The van der Waals surface area contributed by atoms with Crippen molar-refractivity contribution in [2.75, 3.05) is 26.7 Å². The molecule has 2 aliphatic heterocycles. The summed E-state index contributed by atoms with van der Waals surface area (Å²) in [5, 5.41) is 4.47. The van der Waals surface area contributed by atoms with E-state index in [4.69, 9.17) is 0 Å². The van der Waals surface area contributed by atoms with Gasteiger partial charge in [0.1, 0.15) is 11.7 Å². The molecule has 3 heterocycles. The molecule has 3 fully saturated rings. The molecule has 142 valence electrons. The van der Waals surface area contributed by atoms with E-state index in [9.17, 15) is 14.4 Å². The Kier molecular flexibility index (Phi) is 4.58. The Hall–Kier alpha value is -2.12. The van der Waals surface area contributed by atoms with Gasteiger partial charge in [-0.3, -0.25) is 14.6 Å². The Balaban J connectivity index is 1.39. The quantitative estimate of drug-likeness (QED) is 0.809. The first-order valence-electron chi connectivity index (χ1n) is 9.77. The Morgan fingerprint density at radius 2 is 1.77 bits per heavy atom. The first kappa shape index (κ1) is 17.3. The number of aromatic nitrogens is 3. The highest BCUT2D eigenvalue weighted by atomic mass is 16.2. The molecular formula is C18H27N5O3. The van der Waals surface area contributed by atoms with Crippen LogP contribution in [0, 0.1) is 5.92 Å². The summed E-state index contributed by atoms with van der Waals surface area (Å²) in [5.74, 6) is 0.598. The summed E-state index contributed by atoms with van der Waals surface area (Å²) < 4.78 is 1.57. The lowest BCUT2D eigenvalue weighted by atomic mass is 9.98. The second-order valence-electron chi connectivity index (χ2n) is 7.90.